The lowest BCUT2D eigenvalue weighted by atomic mass is 9.98. The number of nitrogens with two attached hydrogens (primary N) is 1. The van der Waals surface area contributed by atoms with Crippen molar-refractivity contribution in [2.45, 2.75) is 64.8 Å². The van der Waals surface area contributed by atoms with Crippen molar-refractivity contribution < 1.29 is 37.3 Å². The van der Waals surface area contributed by atoms with Crippen molar-refractivity contribution in [3.05, 3.63) is 6.33 Å². The summed E-state index contributed by atoms with van der Waals surface area (Å²) in [5, 5.41) is 2.73. The van der Waals surface area contributed by atoms with Crippen LogP contribution in [0, 0.1) is 5.92 Å². The maximum Gasteiger partial charge on any atom is 0.323 e. The van der Waals surface area contributed by atoms with Crippen LogP contribution in [0.5, 0.6) is 5.88 Å². The third-order valence-electron chi connectivity index (χ3n) is 5.80. The van der Waals surface area contributed by atoms with E-state index in [9.17, 15) is 9.69 Å². The number of hydrogen-bond donors (Lipinski definition) is 3. The number of carbonyl (C=O) groups excluding carboxylic acids is 1. The molecule has 0 spiro atoms. The highest BCUT2D eigenvalue weighted by Gasteiger charge is 2.62. The zero-order valence-corrected chi connectivity index (χ0v) is 21.1. The Kier molecular flexibility index (Phi) is 7.15. The zero-order valence-electron chi connectivity index (χ0n) is 20.2. The fraction of sp³-hybridized carbons (Fsp3) is 0.700. The molecule has 2 fully saturated rings. The molecule has 1 radical (unpaired) electrons. The molecule has 0 aromatic carbocycles. The van der Waals surface area contributed by atoms with Crippen LogP contribution >= 0.6 is 8.09 Å². The number of ether oxygens (including phenoxy) is 3. The van der Waals surface area contributed by atoms with Gasteiger partial charge in [-0.05, 0) is 26.7 Å². The van der Waals surface area contributed by atoms with E-state index in [-0.39, 0.29) is 36.6 Å². The minimum absolute atomic E-state index is 0.0681. The van der Waals surface area contributed by atoms with Gasteiger partial charge < -0.3 is 29.4 Å². The number of carbonyl (C=O) groups is 1. The first-order valence-electron chi connectivity index (χ1n) is 11.4. The summed E-state index contributed by atoms with van der Waals surface area (Å²) in [4.78, 5) is 35.9. The second kappa shape index (κ2) is 9.68. The van der Waals surface area contributed by atoms with Gasteiger partial charge in [0.05, 0.1) is 26.1 Å². The van der Waals surface area contributed by atoms with Crippen LogP contribution in [0.15, 0.2) is 6.33 Å². The molecule has 0 amide bonds. The summed E-state index contributed by atoms with van der Waals surface area (Å²) in [6, 6.07) is -0.914. The lowest BCUT2D eigenvalue weighted by Crippen LogP contribution is -2.50. The molecule has 2 aliphatic heterocycles. The number of hydrogen-bond acceptors (Lipinski definition) is 12. The minimum atomic E-state index is -3.84. The smallest absolute Gasteiger partial charge is 0.323 e. The van der Waals surface area contributed by atoms with Gasteiger partial charge in [0.1, 0.15) is 18.2 Å². The third kappa shape index (κ3) is 4.78. The first-order chi connectivity index (χ1) is 16.5. The fourth-order valence-electron chi connectivity index (χ4n) is 4.13. The van der Waals surface area contributed by atoms with E-state index in [1.165, 1.54) is 17.8 Å². The molecule has 13 nitrogen and oxygen atoms in total. The number of nitrogens with one attached hydrogen (secondary N) is 1. The number of anilines is 1. The van der Waals surface area contributed by atoms with E-state index in [0.717, 1.165) is 0 Å². The van der Waals surface area contributed by atoms with Crippen molar-refractivity contribution in [3.8, 4) is 5.88 Å². The first-order valence-corrected chi connectivity index (χ1v) is 12.9. The van der Waals surface area contributed by atoms with Gasteiger partial charge in [-0.1, -0.05) is 13.8 Å². The summed E-state index contributed by atoms with van der Waals surface area (Å²) < 4.78 is 45.5. The molecule has 1 unspecified atom stereocenters. The summed E-state index contributed by atoms with van der Waals surface area (Å²) in [5.41, 5.74) is 4.19. The Morgan fingerprint density at radius 2 is 2.17 bits per heavy atom. The van der Waals surface area contributed by atoms with Gasteiger partial charge in [-0.2, -0.15) is 9.97 Å². The van der Waals surface area contributed by atoms with E-state index in [2.05, 4.69) is 20.0 Å². The van der Waals surface area contributed by atoms with Gasteiger partial charge in [-0.15, -0.1) is 0 Å². The molecule has 15 heteroatoms. The van der Waals surface area contributed by atoms with Gasteiger partial charge in [0.2, 0.25) is 11.8 Å². The Morgan fingerprint density at radius 1 is 1.43 bits per heavy atom. The summed E-state index contributed by atoms with van der Waals surface area (Å²) in [5.74, 6) is -0.718. The van der Waals surface area contributed by atoms with Crippen LogP contribution in [0.2, 0.25) is 0 Å². The van der Waals surface area contributed by atoms with Crippen molar-refractivity contribution in [3.63, 3.8) is 0 Å². The molecule has 0 aliphatic carbocycles. The molecular formula is C20H31FN6O7P. The van der Waals surface area contributed by atoms with Gasteiger partial charge in [0.15, 0.2) is 23.1 Å². The van der Waals surface area contributed by atoms with Crippen molar-refractivity contribution in [2.75, 3.05) is 25.6 Å². The first kappa shape index (κ1) is 25.9. The van der Waals surface area contributed by atoms with Crippen molar-refractivity contribution >= 4 is 31.2 Å². The number of nitrogens with zero attached hydrogens (tertiary/aromatic N) is 4. The third-order valence-corrected chi connectivity index (χ3v) is 7.42. The van der Waals surface area contributed by atoms with Crippen LogP contribution in [0.1, 0.15) is 40.8 Å². The number of esters is 1. The van der Waals surface area contributed by atoms with E-state index in [1.807, 2.05) is 0 Å². The summed E-state index contributed by atoms with van der Waals surface area (Å²) >= 11 is 0. The molecule has 0 bridgehead atoms. The number of aromatic nitrogens is 4. The van der Waals surface area contributed by atoms with E-state index in [0.29, 0.717) is 12.1 Å². The van der Waals surface area contributed by atoms with Crippen LogP contribution < -0.4 is 15.6 Å². The van der Waals surface area contributed by atoms with Gasteiger partial charge in [-0.25, -0.2) is 14.5 Å². The van der Waals surface area contributed by atoms with Crippen LogP contribution in [-0.4, -0.2) is 74.1 Å². The number of alkyl halides is 1. The van der Waals surface area contributed by atoms with Crippen molar-refractivity contribution in [1.29, 1.82) is 0 Å². The number of imidazole rings is 1. The van der Waals surface area contributed by atoms with Gasteiger partial charge in [-0.3, -0.25) is 13.9 Å². The molecule has 2 aromatic heterocycles. The Bertz CT molecular complexity index is 1090. The second-order valence-electron chi connectivity index (χ2n) is 8.77. The van der Waals surface area contributed by atoms with E-state index >= 15 is 4.39 Å². The van der Waals surface area contributed by atoms with E-state index < -0.39 is 44.2 Å². The average Bonchev–Trinajstić information content (AvgIpc) is 3.30. The van der Waals surface area contributed by atoms with Gasteiger partial charge in [0, 0.05) is 0 Å². The second-order valence-corrected chi connectivity index (χ2v) is 10.5. The monoisotopic (exact) mass is 517 g/mol. The number of fused-ring (bicyclic) bond motifs is 2. The number of nitrogen functional groups attached to an aromatic ring is 1. The number of halogens is 1. The standard InChI is InChI=1S/C20H31FN6O7P/c1-6-30-16-13-15(24-19(22)25-16)27(9-23-13)18-20(5,21)14-11(33-18)8-32-35(29,34-14)26-12(10(3)4)17(28)31-7-2/h9-12,14,18,26,29H,6-8H2,1-5H3,(H2,22,24,25)/t11-,12?,14-,18-,20-/m1/s1. The number of rotatable bonds is 8. The van der Waals surface area contributed by atoms with Crippen LogP contribution in [0.3, 0.4) is 0 Å². The topological polar surface area (TPSA) is 165 Å². The van der Waals surface area contributed by atoms with Gasteiger partial charge in [0.25, 0.3) is 0 Å². The summed E-state index contributed by atoms with van der Waals surface area (Å²) in [6.07, 6.45) is -1.94. The fourth-order valence-corrected chi connectivity index (χ4v) is 6.08. The van der Waals surface area contributed by atoms with E-state index in [4.69, 9.17) is 29.0 Å². The minimum Gasteiger partial charge on any atom is -0.476 e. The van der Waals surface area contributed by atoms with Crippen LogP contribution in [-0.2, 0) is 23.3 Å². The maximum atomic E-state index is 16.3. The molecule has 4 heterocycles. The highest BCUT2D eigenvalue weighted by molar-refractivity contribution is 7.58. The Hall–Kier alpha value is -2.22. The SMILES string of the molecule is CCOC(=O)C(N[P@]1(O)OC[C@H]2O[C@@H](n3cnc4c(OCC)nc(N)nc43)[C@](C)(F)[C@@H]2O1)C(C)C. The highest BCUT2D eigenvalue weighted by Crippen LogP contribution is 2.62. The Labute approximate surface area is 202 Å². The predicted molar refractivity (Wildman–Crippen MR) is 123 cm³/mol. The molecule has 2 aromatic rings. The lowest BCUT2D eigenvalue weighted by molar-refractivity contribution is -0.146. The van der Waals surface area contributed by atoms with Crippen LogP contribution in [0.4, 0.5) is 10.3 Å². The summed E-state index contributed by atoms with van der Waals surface area (Å²) in [7, 11) is -3.84. The molecule has 2 aliphatic rings. The zero-order chi connectivity index (χ0) is 25.5. The van der Waals surface area contributed by atoms with Gasteiger partial charge >= 0.3 is 14.1 Å². The highest BCUT2D eigenvalue weighted by atomic mass is 31.2. The predicted octanol–water partition coefficient (Wildman–Crippen LogP) is 1.70. The lowest BCUT2D eigenvalue weighted by Gasteiger charge is -2.42. The summed E-state index contributed by atoms with van der Waals surface area (Å²) in [6.45, 7) is 8.63. The average molecular weight is 517 g/mol. The molecule has 2 saturated heterocycles. The van der Waals surface area contributed by atoms with Crippen molar-refractivity contribution in [2.24, 2.45) is 5.92 Å². The van der Waals surface area contributed by atoms with E-state index in [1.54, 1.807) is 27.7 Å². The molecule has 4 rings (SSSR count). The normalized spacial score (nSPS) is 31.5. The van der Waals surface area contributed by atoms with Crippen LogP contribution in [0.25, 0.3) is 11.2 Å². The quantitative estimate of drug-likeness (QED) is 0.343. The Morgan fingerprint density at radius 3 is 2.83 bits per heavy atom. The largest absolute Gasteiger partial charge is 0.476 e. The maximum absolute atomic E-state index is 16.3. The molecular weight excluding hydrogens is 486 g/mol. The molecule has 195 valence electrons. The molecule has 4 N–H and O–H groups in total. The van der Waals surface area contributed by atoms with Crippen molar-refractivity contribution in [1.82, 2.24) is 24.6 Å². The molecule has 35 heavy (non-hydrogen) atoms. The Balaban J connectivity index is 1.60. The molecule has 0 saturated carbocycles. The molecule has 6 atom stereocenters.